The van der Waals surface area contributed by atoms with Crippen LogP contribution in [0.4, 0.5) is 8.78 Å². The molecular formula is C10H19F2NO. The Kier molecular flexibility index (Phi) is 3.48. The Labute approximate surface area is 83.9 Å². The molecule has 1 N–H and O–H groups in total. The second-order valence-electron chi connectivity index (χ2n) is 5.18. The molecule has 1 rings (SSSR count). The largest absolute Gasteiger partial charge is 0.386 e. The fourth-order valence-electron chi connectivity index (χ4n) is 1.61. The van der Waals surface area contributed by atoms with E-state index in [0.29, 0.717) is 5.92 Å². The second kappa shape index (κ2) is 4.11. The normalized spacial score (nSPS) is 22.5. The van der Waals surface area contributed by atoms with Crippen molar-refractivity contribution in [1.82, 2.24) is 4.90 Å². The van der Waals surface area contributed by atoms with Crippen LogP contribution in [0, 0.1) is 11.3 Å². The maximum Gasteiger partial charge on any atom is 0.265 e. The molecule has 0 bridgehead atoms. The summed E-state index contributed by atoms with van der Waals surface area (Å²) >= 11 is 0. The van der Waals surface area contributed by atoms with Gasteiger partial charge in [0, 0.05) is 19.6 Å². The van der Waals surface area contributed by atoms with Gasteiger partial charge in [-0.15, -0.1) is 0 Å². The van der Waals surface area contributed by atoms with E-state index in [2.05, 4.69) is 20.8 Å². The van der Waals surface area contributed by atoms with Gasteiger partial charge in [0.2, 0.25) is 0 Å². The first-order chi connectivity index (χ1) is 6.30. The number of halogens is 2. The quantitative estimate of drug-likeness (QED) is 0.759. The summed E-state index contributed by atoms with van der Waals surface area (Å²) in [7, 11) is 0. The number of hydrogen-bond donors (Lipinski definition) is 1. The van der Waals surface area contributed by atoms with Crippen LogP contribution >= 0.6 is 0 Å². The topological polar surface area (TPSA) is 23.5 Å². The fourth-order valence-corrected chi connectivity index (χ4v) is 1.61. The van der Waals surface area contributed by atoms with Gasteiger partial charge in [0.1, 0.15) is 6.10 Å². The van der Waals surface area contributed by atoms with Gasteiger partial charge in [-0.25, -0.2) is 8.78 Å². The molecule has 1 heterocycles. The van der Waals surface area contributed by atoms with Crippen molar-refractivity contribution in [3.63, 3.8) is 0 Å². The molecule has 1 aliphatic rings. The molecule has 1 fully saturated rings. The zero-order valence-corrected chi connectivity index (χ0v) is 9.00. The van der Waals surface area contributed by atoms with E-state index in [1.54, 1.807) is 0 Å². The number of aliphatic hydroxyl groups is 1. The number of β-amino-alcohol motifs (C(OH)–C–C–N with tert-alkyl or cyclic N) is 1. The molecule has 0 aromatic rings. The van der Waals surface area contributed by atoms with Crippen LogP contribution in [0.25, 0.3) is 0 Å². The first-order valence-corrected chi connectivity index (χ1v) is 4.99. The average molecular weight is 207 g/mol. The third kappa shape index (κ3) is 2.89. The minimum atomic E-state index is -2.62. The number of alkyl halides is 2. The highest BCUT2D eigenvalue weighted by atomic mass is 19.3. The maximum absolute atomic E-state index is 12.0. The SMILES string of the molecule is CC(C)(C)C1CN(CC(O)C(F)F)C1. The van der Waals surface area contributed by atoms with E-state index in [4.69, 9.17) is 5.11 Å². The van der Waals surface area contributed by atoms with Gasteiger partial charge in [-0.3, -0.25) is 4.90 Å². The summed E-state index contributed by atoms with van der Waals surface area (Å²) in [5, 5.41) is 8.96. The van der Waals surface area contributed by atoms with E-state index >= 15 is 0 Å². The molecule has 84 valence electrons. The molecule has 0 aromatic carbocycles. The Morgan fingerprint density at radius 2 is 1.86 bits per heavy atom. The highest BCUT2D eigenvalue weighted by molar-refractivity contribution is 4.88. The Hall–Kier alpha value is -0.220. The molecule has 0 saturated carbocycles. The molecule has 0 spiro atoms. The molecule has 1 aliphatic heterocycles. The molecule has 0 radical (unpaired) electrons. The number of likely N-dealkylation sites (tertiary alicyclic amines) is 1. The molecular weight excluding hydrogens is 188 g/mol. The van der Waals surface area contributed by atoms with Crippen LogP contribution < -0.4 is 0 Å². The molecule has 14 heavy (non-hydrogen) atoms. The van der Waals surface area contributed by atoms with Gasteiger partial charge in [0.15, 0.2) is 0 Å². The summed E-state index contributed by atoms with van der Waals surface area (Å²) in [6.07, 6.45) is -4.11. The lowest BCUT2D eigenvalue weighted by Crippen LogP contribution is -2.54. The summed E-state index contributed by atoms with van der Waals surface area (Å²) in [5.74, 6) is 0.562. The lowest BCUT2D eigenvalue weighted by molar-refractivity contribution is -0.0583. The van der Waals surface area contributed by atoms with Gasteiger partial charge in [-0.1, -0.05) is 20.8 Å². The van der Waals surface area contributed by atoms with Crippen molar-refractivity contribution in [2.24, 2.45) is 11.3 Å². The monoisotopic (exact) mass is 207 g/mol. The highest BCUT2D eigenvalue weighted by Crippen LogP contribution is 2.33. The first-order valence-electron chi connectivity index (χ1n) is 4.99. The Morgan fingerprint density at radius 3 is 2.21 bits per heavy atom. The van der Waals surface area contributed by atoms with Crippen LogP contribution in [-0.4, -0.2) is 42.2 Å². The zero-order chi connectivity index (χ0) is 10.9. The second-order valence-corrected chi connectivity index (χ2v) is 5.18. The molecule has 0 aromatic heterocycles. The summed E-state index contributed by atoms with van der Waals surface area (Å²) < 4.78 is 24.0. The number of nitrogens with zero attached hydrogens (tertiary/aromatic N) is 1. The summed E-state index contributed by atoms with van der Waals surface area (Å²) in [6.45, 7) is 8.21. The van der Waals surface area contributed by atoms with Crippen molar-refractivity contribution in [3.05, 3.63) is 0 Å². The van der Waals surface area contributed by atoms with Crippen molar-refractivity contribution in [2.75, 3.05) is 19.6 Å². The van der Waals surface area contributed by atoms with Gasteiger partial charge in [0.05, 0.1) is 0 Å². The van der Waals surface area contributed by atoms with Gasteiger partial charge in [-0.05, 0) is 11.3 Å². The van der Waals surface area contributed by atoms with Gasteiger partial charge in [-0.2, -0.15) is 0 Å². The number of hydrogen-bond acceptors (Lipinski definition) is 2. The predicted octanol–water partition coefficient (Wildman–Crippen LogP) is 1.59. The predicted molar refractivity (Wildman–Crippen MR) is 51.4 cm³/mol. The van der Waals surface area contributed by atoms with Crippen LogP contribution in [0.15, 0.2) is 0 Å². The molecule has 2 nitrogen and oxygen atoms in total. The number of aliphatic hydroxyl groups excluding tert-OH is 1. The van der Waals surface area contributed by atoms with Crippen molar-refractivity contribution >= 4 is 0 Å². The molecule has 4 heteroatoms. The molecule has 1 atom stereocenters. The van der Waals surface area contributed by atoms with Crippen LogP contribution in [0.1, 0.15) is 20.8 Å². The van der Waals surface area contributed by atoms with E-state index in [-0.39, 0.29) is 12.0 Å². The van der Waals surface area contributed by atoms with E-state index < -0.39 is 12.5 Å². The van der Waals surface area contributed by atoms with Crippen molar-refractivity contribution in [1.29, 1.82) is 0 Å². The summed E-state index contributed by atoms with van der Waals surface area (Å²) in [4.78, 5) is 1.88. The fraction of sp³-hybridized carbons (Fsp3) is 1.00. The van der Waals surface area contributed by atoms with Crippen LogP contribution in [-0.2, 0) is 0 Å². The molecule has 0 amide bonds. The van der Waals surface area contributed by atoms with Crippen LogP contribution in [0.2, 0.25) is 0 Å². The van der Waals surface area contributed by atoms with Crippen molar-refractivity contribution in [3.8, 4) is 0 Å². The van der Waals surface area contributed by atoms with E-state index in [0.717, 1.165) is 13.1 Å². The third-order valence-corrected chi connectivity index (χ3v) is 2.92. The highest BCUT2D eigenvalue weighted by Gasteiger charge is 2.37. The van der Waals surface area contributed by atoms with Gasteiger partial charge >= 0.3 is 0 Å². The smallest absolute Gasteiger partial charge is 0.265 e. The Morgan fingerprint density at radius 1 is 1.36 bits per heavy atom. The molecule has 1 saturated heterocycles. The van der Waals surface area contributed by atoms with Crippen molar-refractivity contribution in [2.45, 2.75) is 33.3 Å². The average Bonchev–Trinajstić information content (AvgIpc) is 1.92. The first kappa shape index (κ1) is 11.9. The van der Waals surface area contributed by atoms with Crippen LogP contribution in [0.3, 0.4) is 0 Å². The third-order valence-electron chi connectivity index (χ3n) is 2.92. The lowest BCUT2D eigenvalue weighted by Gasteiger charge is -2.46. The Bertz CT molecular complexity index is 185. The van der Waals surface area contributed by atoms with E-state index in [1.165, 1.54) is 0 Å². The van der Waals surface area contributed by atoms with Gasteiger partial charge < -0.3 is 5.11 Å². The summed E-state index contributed by atoms with van der Waals surface area (Å²) in [5.41, 5.74) is 0.242. The maximum atomic E-state index is 12.0. The summed E-state index contributed by atoms with van der Waals surface area (Å²) in [6, 6.07) is 0. The zero-order valence-electron chi connectivity index (χ0n) is 9.00. The Balaban J connectivity index is 2.22. The minimum Gasteiger partial charge on any atom is -0.386 e. The lowest BCUT2D eigenvalue weighted by atomic mass is 9.76. The van der Waals surface area contributed by atoms with E-state index in [9.17, 15) is 8.78 Å². The molecule has 0 aliphatic carbocycles. The standard InChI is InChI=1S/C10H19F2NO/c1-10(2,3)7-4-13(5-7)6-8(14)9(11)12/h7-9,14H,4-6H2,1-3H3. The van der Waals surface area contributed by atoms with Gasteiger partial charge in [0.25, 0.3) is 6.43 Å². The van der Waals surface area contributed by atoms with Crippen LogP contribution in [0.5, 0.6) is 0 Å². The van der Waals surface area contributed by atoms with E-state index in [1.807, 2.05) is 4.90 Å². The van der Waals surface area contributed by atoms with Crippen molar-refractivity contribution < 1.29 is 13.9 Å². The molecule has 1 unspecified atom stereocenters. The minimum absolute atomic E-state index is 0.101. The number of rotatable bonds is 3.